The summed E-state index contributed by atoms with van der Waals surface area (Å²) in [5.41, 5.74) is 2.37. The second-order valence-electron chi connectivity index (χ2n) is 14.0. The molecule has 3 aliphatic rings. The molecule has 1 amide bonds. The lowest BCUT2D eigenvalue weighted by Crippen LogP contribution is -2.54. The lowest BCUT2D eigenvalue weighted by molar-refractivity contribution is -0.284. The molecule has 0 unspecified atom stereocenters. The SMILES string of the molecule is C=C(C1CCC(O)CC1)[C@H](C)C[C@H](C)/C=C/C=C/C=C(\C)[C@H](C[C@@H]1CC[C@@H](C)[C@](O)(CC(=O)N2CCCC[C@H]2C(=O)O)O1)OC. The van der Waals surface area contributed by atoms with Crippen molar-refractivity contribution >= 4 is 11.9 Å². The molecule has 0 spiro atoms. The van der Waals surface area contributed by atoms with E-state index < -0.39 is 17.8 Å². The van der Waals surface area contributed by atoms with Crippen LogP contribution in [0.1, 0.15) is 105 Å². The second kappa shape index (κ2) is 17.6. The zero-order valence-electron chi connectivity index (χ0n) is 28.3. The Labute approximate surface area is 271 Å². The van der Waals surface area contributed by atoms with Gasteiger partial charge in [-0.05, 0) is 94.5 Å². The van der Waals surface area contributed by atoms with Gasteiger partial charge in [-0.1, -0.05) is 63.3 Å². The number of aliphatic hydroxyl groups is 2. The third-order valence-corrected chi connectivity index (χ3v) is 10.4. The van der Waals surface area contributed by atoms with E-state index in [2.05, 4.69) is 32.6 Å². The van der Waals surface area contributed by atoms with Crippen LogP contribution in [0, 0.1) is 23.7 Å². The Hall–Kier alpha value is -2.26. The fourth-order valence-electron chi connectivity index (χ4n) is 7.29. The van der Waals surface area contributed by atoms with E-state index in [0.29, 0.717) is 43.6 Å². The van der Waals surface area contributed by atoms with E-state index in [4.69, 9.17) is 9.47 Å². The smallest absolute Gasteiger partial charge is 0.326 e. The van der Waals surface area contributed by atoms with E-state index in [0.717, 1.165) is 56.9 Å². The number of carbonyl (C=O) groups excluding carboxylic acids is 1. The number of ether oxygens (including phenoxy) is 2. The standard InChI is InChI=1S/C37H59NO7/c1-25(22-27(3)29(5)30-16-18-31(39)19-17-30)12-8-7-9-13-26(2)34(44-6)23-32-20-15-28(4)37(43,45-32)24-35(40)38-21-11-10-14-33(38)36(41)42/h7-9,12-13,25,27-28,30-34,39,43H,5,10-11,14-24H2,1-4,6H3,(H,41,42)/b9-7+,12-8+,26-13+/t25-,27-,28-,30?,31?,32+,33+,34+,37+/m1/s1. The Kier molecular flexibility index (Phi) is 14.5. The van der Waals surface area contributed by atoms with Gasteiger partial charge in [0.2, 0.25) is 5.91 Å². The maximum absolute atomic E-state index is 13.2. The highest BCUT2D eigenvalue weighted by Gasteiger charge is 2.45. The third-order valence-electron chi connectivity index (χ3n) is 10.4. The molecule has 3 fully saturated rings. The summed E-state index contributed by atoms with van der Waals surface area (Å²) >= 11 is 0. The molecule has 2 aliphatic heterocycles. The number of carbonyl (C=O) groups is 2. The number of carboxylic acid groups (broad SMARTS) is 1. The number of allylic oxidation sites excluding steroid dienone is 6. The van der Waals surface area contributed by atoms with Gasteiger partial charge in [-0.2, -0.15) is 0 Å². The number of rotatable bonds is 14. The van der Waals surface area contributed by atoms with Gasteiger partial charge < -0.3 is 29.7 Å². The van der Waals surface area contributed by atoms with Crippen LogP contribution in [0.15, 0.2) is 48.1 Å². The van der Waals surface area contributed by atoms with Crippen LogP contribution in [0.3, 0.4) is 0 Å². The zero-order valence-corrected chi connectivity index (χ0v) is 28.3. The van der Waals surface area contributed by atoms with Crippen LogP contribution >= 0.6 is 0 Å². The first-order valence-corrected chi connectivity index (χ1v) is 17.2. The number of hydrogen-bond donors (Lipinski definition) is 3. The van der Waals surface area contributed by atoms with Crippen molar-refractivity contribution in [3.8, 4) is 0 Å². The van der Waals surface area contributed by atoms with Gasteiger partial charge in [0.15, 0.2) is 5.79 Å². The molecule has 0 aromatic rings. The third kappa shape index (κ3) is 10.9. The first kappa shape index (κ1) is 37.2. The number of nitrogens with zero attached hydrogens (tertiary/aromatic N) is 1. The van der Waals surface area contributed by atoms with Crippen molar-refractivity contribution in [2.75, 3.05) is 13.7 Å². The number of aliphatic hydroxyl groups excluding tert-OH is 1. The maximum Gasteiger partial charge on any atom is 0.326 e. The fraction of sp³-hybridized carbons (Fsp3) is 0.730. The molecule has 3 N–H and O–H groups in total. The molecular formula is C37H59NO7. The van der Waals surface area contributed by atoms with E-state index in [1.165, 1.54) is 10.5 Å². The molecule has 3 rings (SSSR count). The zero-order chi connectivity index (χ0) is 33.1. The molecule has 2 saturated heterocycles. The Morgan fingerprint density at radius 2 is 1.78 bits per heavy atom. The van der Waals surface area contributed by atoms with E-state index >= 15 is 0 Å². The lowest BCUT2D eigenvalue weighted by atomic mass is 9.77. The molecule has 0 aromatic carbocycles. The van der Waals surface area contributed by atoms with Gasteiger partial charge in [0.05, 0.1) is 24.7 Å². The normalized spacial score (nSPS) is 32.0. The van der Waals surface area contributed by atoms with Gasteiger partial charge in [-0.3, -0.25) is 4.79 Å². The molecule has 8 nitrogen and oxygen atoms in total. The summed E-state index contributed by atoms with van der Waals surface area (Å²) < 4.78 is 12.0. The predicted octanol–water partition coefficient (Wildman–Crippen LogP) is 6.58. The highest BCUT2D eigenvalue weighted by atomic mass is 16.6. The van der Waals surface area contributed by atoms with Crippen molar-refractivity contribution in [1.82, 2.24) is 4.90 Å². The summed E-state index contributed by atoms with van der Waals surface area (Å²) in [4.78, 5) is 26.3. The Morgan fingerprint density at radius 3 is 2.44 bits per heavy atom. The molecule has 7 atom stereocenters. The first-order valence-electron chi connectivity index (χ1n) is 17.2. The molecular weight excluding hydrogens is 570 g/mol. The predicted molar refractivity (Wildman–Crippen MR) is 177 cm³/mol. The number of likely N-dealkylation sites (tertiary alicyclic amines) is 1. The largest absolute Gasteiger partial charge is 0.480 e. The van der Waals surface area contributed by atoms with Crippen molar-refractivity contribution < 1.29 is 34.4 Å². The maximum atomic E-state index is 13.2. The van der Waals surface area contributed by atoms with E-state index in [9.17, 15) is 24.9 Å². The van der Waals surface area contributed by atoms with Crippen LogP contribution in [-0.2, 0) is 19.1 Å². The molecule has 254 valence electrons. The number of carboxylic acids is 1. The summed E-state index contributed by atoms with van der Waals surface area (Å²) in [5, 5.41) is 30.8. The summed E-state index contributed by atoms with van der Waals surface area (Å²) in [5.74, 6) is -1.84. The minimum Gasteiger partial charge on any atom is -0.480 e. The minimum atomic E-state index is -1.64. The van der Waals surface area contributed by atoms with Crippen molar-refractivity contribution in [3.63, 3.8) is 0 Å². The minimum absolute atomic E-state index is 0.137. The molecule has 1 saturated carbocycles. The van der Waals surface area contributed by atoms with Gasteiger partial charge >= 0.3 is 5.97 Å². The van der Waals surface area contributed by atoms with Crippen LogP contribution in [0.4, 0.5) is 0 Å². The van der Waals surface area contributed by atoms with E-state index in [-0.39, 0.29) is 36.6 Å². The van der Waals surface area contributed by atoms with Crippen molar-refractivity contribution in [3.05, 3.63) is 48.1 Å². The Morgan fingerprint density at radius 1 is 1.07 bits per heavy atom. The molecule has 2 heterocycles. The van der Waals surface area contributed by atoms with Crippen LogP contribution in [0.5, 0.6) is 0 Å². The quantitative estimate of drug-likeness (QED) is 0.147. The highest BCUT2D eigenvalue weighted by Crippen LogP contribution is 2.38. The number of amides is 1. The Balaban J connectivity index is 1.50. The number of hydrogen-bond acceptors (Lipinski definition) is 6. The summed E-state index contributed by atoms with van der Waals surface area (Å²) in [7, 11) is 1.67. The van der Waals surface area contributed by atoms with Gasteiger partial charge in [0, 0.05) is 26.0 Å². The molecule has 0 aromatic heterocycles. The summed E-state index contributed by atoms with van der Waals surface area (Å²) in [6.45, 7) is 13.2. The average Bonchev–Trinajstić information content (AvgIpc) is 3.01. The van der Waals surface area contributed by atoms with Crippen molar-refractivity contribution in [2.24, 2.45) is 23.7 Å². The summed E-state index contributed by atoms with van der Waals surface area (Å²) in [6, 6.07) is -0.840. The number of methoxy groups -OCH3 is 1. The highest BCUT2D eigenvalue weighted by molar-refractivity contribution is 5.84. The fourth-order valence-corrected chi connectivity index (χ4v) is 7.29. The lowest BCUT2D eigenvalue weighted by Gasteiger charge is -2.44. The second-order valence-corrected chi connectivity index (χ2v) is 14.0. The van der Waals surface area contributed by atoms with Crippen LogP contribution in [-0.4, -0.2) is 75.9 Å². The van der Waals surface area contributed by atoms with Crippen molar-refractivity contribution in [1.29, 1.82) is 0 Å². The number of aliphatic carboxylic acids is 1. The van der Waals surface area contributed by atoms with Gasteiger partial charge in [0.1, 0.15) is 6.04 Å². The molecule has 0 radical (unpaired) electrons. The molecule has 0 bridgehead atoms. The van der Waals surface area contributed by atoms with Gasteiger partial charge in [0.25, 0.3) is 0 Å². The first-order chi connectivity index (χ1) is 21.3. The van der Waals surface area contributed by atoms with E-state index in [1.54, 1.807) is 7.11 Å². The number of piperidine rings is 1. The van der Waals surface area contributed by atoms with Crippen LogP contribution in [0.2, 0.25) is 0 Å². The topological polar surface area (TPSA) is 117 Å². The molecule has 1 aliphatic carbocycles. The van der Waals surface area contributed by atoms with Gasteiger partial charge in [-0.25, -0.2) is 4.79 Å². The molecule has 45 heavy (non-hydrogen) atoms. The van der Waals surface area contributed by atoms with E-state index in [1.807, 2.05) is 32.1 Å². The average molecular weight is 630 g/mol. The summed E-state index contributed by atoms with van der Waals surface area (Å²) in [6.07, 6.45) is 18.4. The van der Waals surface area contributed by atoms with Crippen molar-refractivity contribution in [2.45, 2.75) is 135 Å². The monoisotopic (exact) mass is 629 g/mol. The molecule has 8 heteroatoms. The Bertz CT molecular complexity index is 1070. The van der Waals surface area contributed by atoms with Crippen LogP contribution in [0.25, 0.3) is 0 Å². The van der Waals surface area contributed by atoms with Crippen LogP contribution < -0.4 is 0 Å². The van der Waals surface area contributed by atoms with Gasteiger partial charge in [-0.15, -0.1) is 0 Å².